The van der Waals surface area contributed by atoms with E-state index < -0.39 is 10.0 Å². The molecule has 8 heteroatoms. The summed E-state index contributed by atoms with van der Waals surface area (Å²) in [6.07, 6.45) is 0. The van der Waals surface area contributed by atoms with Gasteiger partial charge in [-0.25, -0.2) is 13.1 Å². The Labute approximate surface area is 101 Å². The first kappa shape index (κ1) is 13.8. The number of nitrogens with two attached hydrogens (primary N) is 1. The summed E-state index contributed by atoms with van der Waals surface area (Å²) in [4.78, 5) is 0. The minimum absolute atomic E-state index is 0.107. The van der Waals surface area contributed by atoms with Crippen molar-refractivity contribution in [1.82, 2.24) is 9.78 Å². The summed E-state index contributed by atoms with van der Waals surface area (Å²) in [5, 5.41) is 4.02. The molecule has 0 saturated carbocycles. The van der Waals surface area contributed by atoms with Gasteiger partial charge in [-0.3, -0.25) is 4.72 Å². The standard InChI is InChI=1S/C9H18N4O3S/c1-4-16-5-6-17(14,15)12-9-8(10)7(2)11-13(9)3/h12H,4-6,10H2,1-3H3. The average Bonchev–Trinajstić information content (AvgIpc) is 2.45. The third-order valence-corrected chi connectivity index (χ3v) is 3.43. The molecule has 0 spiro atoms. The Morgan fingerprint density at radius 1 is 1.53 bits per heavy atom. The molecule has 1 heterocycles. The van der Waals surface area contributed by atoms with Crippen LogP contribution in [0.4, 0.5) is 11.5 Å². The van der Waals surface area contributed by atoms with E-state index in [1.165, 1.54) is 4.68 Å². The Morgan fingerprint density at radius 3 is 2.65 bits per heavy atom. The molecule has 1 aromatic heterocycles. The van der Waals surface area contributed by atoms with Gasteiger partial charge in [0.1, 0.15) is 0 Å². The van der Waals surface area contributed by atoms with Crippen molar-refractivity contribution in [2.24, 2.45) is 7.05 Å². The van der Waals surface area contributed by atoms with Crippen molar-refractivity contribution in [1.29, 1.82) is 0 Å². The number of anilines is 2. The fourth-order valence-electron chi connectivity index (χ4n) is 1.31. The van der Waals surface area contributed by atoms with Crippen molar-refractivity contribution in [2.45, 2.75) is 13.8 Å². The van der Waals surface area contributed by atoms with Crippen LogP contribution in [0.2, 0.25) is 0 Å². The Balaban J connectivity index is 2.76. The van der Waals surface area contributed by atoms with Crippen LogP contribution in [0.1, 0.15) is 12.6 Å². The van der Waals surface area contributed by atoms with Crippen molar-refractivity contribution in [2.75, 3.05) is 29.4 Å². The molecule has 0 saturated heterocycles. The number of nitrogen functional groups attached to an aromatic ring is 1. The summed E-state index contributed by atoms with van der Waals surface area (Å²) in [5.74, 6) is 0.184. The average molecular weight is 262 g/mol. The summed E-state index contributed by atoms with van der Waals surface area (Å²) in [6, 6.07) is 0. The molecule has 0 unspecified atom stereocenters. The number of ether oxygens (including phenoxy) is 1. The smallest absolute Gasteiger partial charge is 0.236 e. The second kappa shape index (κ2) is 5.37. The van der Waals surface area contributed by atoms with E-state index in [9.17, 15) is 8.42 Å². The molecule has 0 bridgehead atoms. The minimum atomic E-state index is -3.45. The number of sulfonamides is 1. The van der Waals surface area contributed by atoms with Gasteiger partial charge in [0.2, 0.25) is 10.0 Å². The zero-order chi connectivity index (χ0) is 13.1. The summed E-state index contributed by atoms with van der Waals surface area (Å²) >= 11 is 0. The molecule has 0 fully saturated rings. The fraction of sp³-hybridized carbons (Fsp3) is 0.667. The first-order chi connectivity index (χ1) is 7.87. The molecule has 0 atom stereocenters. The van der Waals surface area contributed by atoms with Gasteiger partial charge < -0.3 is 10.5 Å². The quantitative estimate of drug-likeness (QED) is 0.708. The maximum Gasteiger partial charge on any atom is 0.236 e. The van der Waals surface area contributed by atoms with E-state index >= 15 is 0 Å². The number of hydrogen-bond donors (Lipinski definition) is 2. The van der Waals surface area contributed by atoms with E-state index in [1.54, 1.807) is 14.0 Å². The highest BCUT2D eigenvalue weighted by atomic mass is 32.2. The van der Waals surface area contributed by atoms with Gasteiger partial charge in [-0.15, -0.1) is 0 Å². The van der Waals surface area contributed by atoms with E-state index in [0.717, 1.165) is 0 Å². The molecular formula is C9H18N4O3S. The van der Waals surface area contributed by atoms with E-state index in [1.807, 2.05) is 6.92 Å². The lowest BCUT2D eigenvalue weighted by molar-refractivity contribution is 0.163. The molecule has 0 aromatic carbocycles. The lowest BCUT2D eigenvalue weighted by atomic mass is 10.4. The monoisotopic (exact) mass is 262 g/mol. The molecule has 1 aromatic rings. The van der Waals surface area contributed by atoms with Crippen molar-refractivity contribution in [3.63, 3.8) is 0 Å². The first-order valence-electron chi connectivity index (χ1n) is 5.24. The van der Waals surface area contributed by atoms with Gasteiger partial charge in [-0.1, -0.05) is 0 Å². The highest BCUT2D eigenvalue weighted by Crippen LogP contribution is 2.21. The summed E-state index contributed by atoms with van der Waals surface area (Å²) in [5.41, 5.74) is 6.66. The van der Waals surface area contributed by atoms with E-state index in [-0.39, 0.29) is 12.4 Å². The third kappa shape index (κ3) is 3.60. The van der Waals surface area contributed by atoms with E-state index in [4.69, 9.17) is 10.5 Å². The van der Waals surface area contributed by atoms with Crippen LogP contribution in [-0.2, 0) is 21.8 Å². The lowest BCUT2D eigenvalue weighted by Crippen LogP contribution is -2.22. The summed E-state index contributed by atoms with van der Waals surface area (Å²) in [7, 11) is -1.83. The van der Waals surface area contributed by atoms with Crippen LogP contribution >= 0.6 is 0 Å². The molecular weight excluding hydrogens is 244 g/mol. The predicted molar refractivity (Wildman–Crippen MR) is 66.3 cm³/mol. The largest absolute Gasteiger partial charge is 0.394 e. The second-order valence-corrected chi connectivity index (χ2v) is 5.43. The van der Waals surface area contributed by atoms with Crippen LogP contribution in [0, 0.1) is 6.92 Å². The Bertz CT molecular complexity index is 481. The van der Waals surface area contributed by atoms with E-state index in [2.05, 4.69) is 9.82 Å². The van der Waals surface area contributed by atoms with Gasteiger partial charge in [-0.05, 0) is 13.8 Å². The number of nitrogens with zero attached hydrogens (tertiary/aromatic N) is 2. The van der Waals surface area contributed by atoms with Gasteiger partial charge in [0.15, 0.2) is 5.82 Å². The van der Waals surface area contributed by atoms with Crippen LogP contribution in [0.3, 0.4) is 0 Å². The van der Waals surface area contributed by atoms with Gasteiger partial charge in [0, 0.05) is 13.7 Å². The van der Waals surface area contributed by atoms with Crippen molar-refractivity contribution in [3.05, 3.63) is 5.69 Å². The molecule has 0 aliphatic rings. The number of aromatic nitrogens is 2. The lowest BCUT2D eigenvalue weighted by Gasteiger charge is -2.08. The van der Waals surface area contributed by atoms with Crippen LogP contribution in [-0.4, -0.2) is 37.2 Å². The Hall–Kier alpha value is -1.28. The van der Waals surface area contributed by atoms with Gasteiger partial charge in [-0.2, -0.15) is 5.10 Å². The molecule has 0 radical (unpaired) electrons. The molecule has 7 nitrogen and oxygen atoms in total. The fourth-order valence-corrected chi connectivity index (χ4v) is 2.28. The second-order valence-electron chi connectivity index (χ2n) is 3.59. The maximum absolute atomic E-state index is 11.7. The summed E-state index contributed by atoms with van der Waals surface area (Å²) < 4.78 is 32.2. The molecule has 98 valence electrons. The van der Waals surface area contributed by atoms with Crippen LogP contribution < -0.4 is 10.5 Å². The van der Waals surface area contributed by atoms with Crippen LogP contribution in [0.15, 0.2) is 0 Å². The van der Waals surface area contributed by atoms with Crippen LogP contribution in [0.5, 0.6) is 0 Å². The molecule has 0 aliphatic heterocycles. The van der Waals surface area contributed by atoms with Crippen molar-refractivity contribution >= 4 is 21.5 Å². The maximum atomic E-state index is 11.7. The number of rotatable bonds is 6. The first-order valence-corrected chi connectivity index (χ1v) is 6.90. The predicted octanol–water partition coefficient (Wildman–Crippen LogP) is 0.0889. The zero-order valence-electron chi connectivity index (χ0n) is 10.2. The Kier molecular flexibility index (Phi) is 4.35. The minimum Gasteiger partial charge on any atom is -0.394 e. The van der Waals surface area contributed by atoms with E-state index in [0.29, 0.717) is 23.8 Å². The number of aryl methyl sites for hydroxylation is 2. The van der Waals surface area contributed by atoms with Crippen molar-refractivity contribution < 1.29 is 13.2 Å². The van der Waals surface area contributed by atoms with Gasteiger partial charge >= 0.3 is 0 Å². The van der Waals surface area contributed by atoms with Gasteiger partial charge in [0.25, 0.3) is 0 Å². The molecule has 3 N–H and O–H groups in total. The molecule has 0 aliphatic carbocycles. The van der Waals surface area contributed by atoms with Crippen LogP contribution in [0.25, 0.3) is 0 Å². The third-order valence-electron chi connectivity index (χ3n) is 2.22. The van der Waals surface area contributed by atoms with Crippen molar-refractivity contribution in [3.8, 4) is 0 Å². The zero-order valence-corrected chi connectivity index (χ0v) is 11.0. The number of hydrogen-bond acceptors (Lipinski definition) is 5. The normalized spacial score (nSPS) is 11.7. The number of nitrogens with one attached hydrogen (secondary N) is 1. The Morgan fingerprint density at radius 2 is 2.18 bits per heavy atom. The SMILES string of the molecule is CCOCCS(=O)(=O)Nc1c(N)c(C)nn1C. The van der Waals surface area contributed by atoms with Gasteiger partial charge in [0.05, 0.1) is 23.7 Å². The summed E-state index contributed by atoms with van der Waals surface area (Å²) in [6.45, 7) is 4.17. The molecule has 17 heavy (non-hydrogen) atoms. The molecule has 0 amide bonds. The highest BCUT2D eigenvalue weighted by molar-refractivity contribution is 7.92. The topological polar surface area (TPSA) is 99.2 Å². The highest BCUT2D eigenvalue weighted by Gasteiger charge is 2.17. The molecule has 1 rings (SSSR count).